The van der Waals surface area contributed by atoms with Gasteiger partial charge in [-0.15, -0.1) is 0 Å². The van der Waals surface area contributed by atoms with Crippen LogP contribution in [0.15, 0.2) is 79.4 Å². The highest BCUT2D eigenvalue weighted by molar-refractivity contribution is 5.64. The van der Waals surface area contributed by atoms with E-state index in [-0.39, 0.29) is 0 Å². The quantitative estimate of drug-likeness (QED) is 0.371. The molecule has 0 heteroatoms. The van der Waals surface area contributed by atoms with E-state index in [9.17, 15) is 0 Å². The molecule has 1 aliphatic rings. The van der Waals surface area contributed by atoms with E-state index < -0.39 is 0 Å². The van der Waals surface area contributed by atoms with Gasteiger partial charge in [0, 0.05) is 0 Å². The molecule has 0 fully saturated rings. The Bertz CT molecular complexity index is 1070. The Morgan fingerprint density at radius 1 is 0.853 bits per heavy atom. The van der Waals surface area contributed by atoms with Gasteiger partial charge in [0.15, 0.2) is 0 Å². The van der Waals surface area contributed by atoms with Gasteiger partial charge in [-0.3, -0.25) is 0 Å². The Kier molecular flexibility index (Phi) is 11.3. The molecule has 0 heterocycles. The summed E-state index contributed by atoms with van der Waals surface area (Å²) in [5, 5.41) is 0. The van der Waals surface area contributed by atoms with Gasteiger partial charge in [-0.2, -0.15) is 0 Å². The number of hydrogen-bond acceptors (Lipinski definition) is 0. The van der Waals surface area contributed by atoms with Crippen molar-refractivity contribution >= 4 is 18.2 Å². The lowest BCUT2D eigenvalue weighted by atomic mass is 9.90. The second kappa shape index (κ2) is 14.2. The van der Waals surface area contributed by atoms with E-state index in [1.165, 1.54) is 63.8 Å². The number of rotatable bonds is 4. The molecule has 0 nitrogen and oxygen atoms in total. The van der Waals surface area contributed by atoms with Crippen LogP contribution in [-0.2, 0) is 6.42 Å². The number of hydrogen-bond donors (Lipinski definition) is 0. The Hall–Kier alpha value is -3.12. The first kappa shape index (κ1) is 27.1. The summed E-state index contributed by atoms with van der Waals surface area (Å²) in [6, 6.07) is 21.8. The Balaban J connectivity index is 0.000000187. The Morgan fingerprint density at radius 3 is 2.09 bits per heavy atom. The minimum absolute atomic E-state index is 0.700. The average molecular weight is 451 g/mol. The smallest absolute Gasteiger partial charge is 0.0185 e. The minimum Gasteiger partial charge on any atom is -0.0984 e. The van der Waals surface area contributed by atoms with Gasteiger partial charge >= 0.3 is 0 Å². The summed E-state index contributed by atoms with van der Waals surface area (Å²) in [7, 11) is 0. The van der Waals surface area contributed by atoms with Crippen molar-refractivity contribution in [3.05, 3.63) is 124 Å². The molecule has 4 rings (SSSR count). The summed E-state index contributed by atoms with van der Waals surface area (Å²) in [6.07, 6.45) is 14.2. The lowest BCUT2D eigenvalue weighted by Gasteiger charge is -2.15. The molecule has 1 unspecified atom stereocenters. The van der Waals surface area contributed by atoms with Crippen molar-refractivity contribution < 1.29 is 0 Å². The van der Waals surface area contributed by atoms with E-state index in [0.29, 0.717) is 5.92 Å². The molecule has 0 amide bonds. The van der Waals surface area contributed by atoms with E-state index in [1.54, 1.807) is 0 Å². The number of allylic oxidation sites excluding steroid dienone is 2. The van der Waals surface area contributed by atoms with Crippen LogP contribution in [0.3, 0.4) is 0 Å². The molecule has 34 heavy (non-hydrogen) atoms. The standard InChI is InChI=1S/C14H18.C12H14.C8H10/c1-3-11(2)13-9-8-12-6-4-5-7-14(12)10-13;1-4-6-12-9-10(3)7-8-11(12)5-2;1-7-3-5-8(2)6-4-7/h4,6,8-11H,3,5,7H2,1-2H3;4-9H,2H2,1,3H3;3-6H,1-2H3/b;6-4-;. The molecule has 0 spiro atoms. The monoisotopic (exact) mass is 450 g/mol. The Labute approximate surface area is 208 Å². The van der Waals surface area contributed by atoms with Crippen molar-refractivity contribution in [1.82, 2.24) is 0 Å². The summed E-state index contributed by atoms with van der Waals surface area (Å²) < 4.78 is 0. The van der Waals surface area contributed by atoms with Crippen LogP contribution in [0.5, 0.6) is 0 Å². The number of fused-ring (bicyclic) bond motifs is 1. The van der Waals surface area contributed by atoms with Gasteiger partial charge in [0.05, 0.1) is 0 Å². The largest absolute Gasteiger partial charge is 0.0984 e. The van der Waals surface area contributed by atoms with Crippen LogP contribution in [-0.4, -0.2) is 0 Å². The maximum atomic E-state index is 3.77. The predicted octanol–water partition coefficient (Wildman–Crippen LogP) is 10.1. The fraction of sp³-hybridized carbons (Fsp3) is 0.294. The minimum atomic E-state index is 0.700. The molecule has 0 bridgehead atoms. The van der Waals surface area contributed by atoms with Crippen LogP contribution in [0.4, 0.5) is 0 Å². The molecular weight excluding hydrogens is 408 g/mol. The summed E-state index contributed by atoms with van der Waals surface area (Å²) >= 11 is 0. The van der Waals surface area contributed by atoms with Crippen LogP contribution in [0.25, 0.3) is 18.2 Å². The van der Waals surface area contributed by atoms with Gasteiger partial charge in [0.25, 0.3) is 0 Å². The van der Waals surface area contributed by atoms with Gasteiger partial charge in [0.1, 0.15) is 0 Å². The number of aryl methyl sites for hydroxylation is 4. The van der Waals surface area contributed by atoms with Crippen LogP contribution < -0.4 is 0 Å². The molecule has 0 aliphatic heterocycles. The van der Waals surface area contributed by atoms with Gasteiger partial charge < -0.3 is 0 Å². The summed E-state index contributed by atoms with van der Waals surface area (Å²) in [6.45, 7) is 16.6. The first-order chi connectivity index (χ1) is 16.4. The van der Waals surface area contributed by atoms with Gasteiger partial charge in [-0.25, -0.2) is 0 Å². The molecular formula is C34H42. The van der Waals surface area contributed by atoms with Crippen molar-refractivity contribution in [2.75, 3.05) is 0 Å². The van der Waals surface area contributed by atoms with Crippen LogP contribution >= 0.6 is 0 Å². The van der Waals surface area contributed by atoms with E-state index >= 15 is 0 Å². The van der Waals surface area contributed by atoms with Gasteiger partial charge in [0.2, 0.25) is 0 Å². The third-order valence-corrected chi connectivity index (χ3v) is 6.25. The fourth-order valence-corrected chi connectivity index (χ4v) is 3.84. The average Bonchev–Trinajstić information content (AvgIpc) is 2.86. The van der Waals surface area contributed by atoms with E-state index in [2.05, 4.69) is 120 Å². The van der Waals surface area contributed by atoms with E-state index in [4.69, 9.17) is 0 Å². The topological polar surface area (TPSA) is 0 Å². The third kappa shape index (κ3) is 8.67. The van der Waals surface area contributed by atoms with Crippen molar-refractivity contribution in [3.8, 4) is 0 Å². The van der Waals surface area contributed by atoms with E-state index in [1.807, 2.05) is 19.1 Å². The predicted molar refractivity (Wildman–Crippen MR) is 154 cm³/mol. The molecule has 0 saturated carbocycles. The van der Waals surface area contributed by atoms with Crippen molar-refractivity contribution in [3.63, 3.8) is 0 Å². The maximum absolute atomic E-state index is 3.77. The first-order valence-corrected chi connectivity index (χ1v) is 12.6. The summed E-state index contributed by atoms with van der Waals surface area (Å²) in [5.41, 5.74) is 10.8. The molecule has 3 aromatic carbocycles. The molecule has 0 aromatic heterocycles. The van der Waals surface area contributed by atoms with Gasteiger partial charge in [-0.1, -0.05) is 128 Å². The molecule has 178 valence electrons. The molecule has 1 atom stereocenters. The highest BCUT2D eigenvalue weighted by Gasteiger charge is 2.08. The van der Waals surface area contributed by atoms with Crippen molar-refractivity contribution in [1.29, 1.82) is 0 Å². The second-order valence-corrected chi connectivity index (χ2v) is 9.20. The fourth-order valence-electron chi connectivity index (χ4n) is 3.84. The van der Waals surface area contributed by atoms with Crippen LogP contribution in [0.2, 0.25) is 0 Å². The SMILES string of the molecule is C=Cc1ccc(C)cc1/C=C\C.CCC(C)c1ccc2c(c1)CCC=C2.Cc1ccc(C)cc1. The zero-order valence-electron chi connectivity index (χ0n) is 22.1. The summed E-state index contributed by atoms with van der Waals surface area (Å²) in [5.74, 6) is 0.700. The third-order valence-electron chi connectivity index (χ3n) is 6.25. The zero-order chi connectivity index (χ0) is 24.9. The van der Waals surface area contributed by atoms with Crippen LogP contribution in [0.1, 0.15) is 84.0 Å². The highest BCUT2D eigenvalue weighted by Crippen LogP contribution is 2.25. The maximum Gasteiger partial charge on any atom is -0.0185 e. The molecule has 0 saturated heterocycles. The van der Waals surface area contributed by atoms with Crippen LogP contribution in [0, 0.1) is 20.8 Å². The molecule has 0 radical (unpaired) electrons. The lowest BCUT2D eigenvalue weighted by Crippen LogP contribution is -1.98. The first-order valence-electron chi connectivity index (χ1n) is 12.6. The second-order valence-electron chi connectivity index (χ2n) is 9.20. The van der Waals surface area contributed by atoms with E-state index in [0.717, 1.165) is 0 Å². The van der Waals surface area contributed by atoms with Crippen molar-refractivity contribution in [2.24, 2.45) is 0 Å². The molecule has 0 N–H and O–H groups in total. The normalized spacial score (nSPS) is 12.6. The Morgan fingerprint density at radius 2 is 1.50 bits per heavy atom. The summed E-state index contributed by atoms with van der Waals surface area (Å²) in [4.78, 5) is 0. The highest BCUT2D eigenvalue weighted by atomic mass is 14.1. The van der Waals surface area contributed by atoms with Crippen molar-refractivity contribution in [2.45, 2.75) is 66.7 Å². The lowest BCUT2D eigenvalue weighted by molar-refractivity contribution is 0.731. The van der Waals surface area contributed by atoms with Gasteiger partial charge in [-0.05, 0) is 80.7 Å². The molecule has 3 aromatic rings. The molecule has 1 aliphatic carbocycles. The number of benzene rings is 3. The zero-order valence-corrected chi connectivity index (χ0v) is 22.1.